The van der Waals surface area contributed by atoms with Crippen LogP contribution in [-0.4, -0.2) is 26.4 Å². The molecule has 3 aromatic heterocycles. The lowest BCUT2D eigenvalue weighted by atomic mass is 10.2. The van der Waals surface area contributed by atoms with Gasteiger partial charge in [0.05, 0.1) is 6.20 Å². The Morgan fingerprint density at radius 3 is 2.85 bits per heavy atom. The Kier molecular flexibility index (Phi) is 3.18. The van der Waals surface area contributed by atoms with E-state index in [-0.39, 0.29) is 0 Å². The molecule has 0 aliphatic heterocycles. The molecule has 0 amide bonds. The molecule has 3 aromatic rings. The van der Waals surface area contributed by atoms with E-state index in [1.165, 1.54) is 0 Å². The fourth-order valence-electron chi connectivity index (χ4n) is 2.08. The Labute approximate surface area is 116 Å². The predicted molar refractivity (Wildman–Crippen MR) is 77.1 cm³/mol. The minimum atomic E-state index is 0.590. The average Bonchev–Trinajstić information content (AvgIpc) is 2.95. The Bertz CT molecular complexity index is 707. The van der Waals surface area contributed by atoms with Crippen LogP contribution in [0.3, 0.4) is 0 Å². The van der Waals surface area contributed by atoms with Crippen molar-refractivity contribution in [2.24, 2.45) is 5.84 Å². The number of rotatable bonds is 4. The highest BCUT2D eigenvalue weighted by Gasteiger charge is 2.12. The summed E-state index contributed by atoms with van der Waals surface area (Å²) in [4.78, 5) is 14.9. The van der Waals surface area contributed by atoms with Crippen LogP contribution in [0, 0.1) is 0 Å². The second-order valence-corrected chi connectivity index (χ2v) is 4.46. The van der Waals surface area contributed by atoms with Gasteiger partial charge in [-0.25, -0.2) is 15.8 Å². The van der Waals surface area contributed by atoms with Crippen LogP contribution < -0.4 is 16.2 Å². The molecule has 3 rings (SSSR count). The fraction of sp³-hybridized carbons (Fsp3) is 0.154. The van der Waals surface area contributed by atoms with E-state index >= 15 is 0 Å². The Hall–Kier alpha value is -2.67. The maximum absolute atomic E-state index is 5.46. The SMILES string of the molecule is CN(Cc1ccncc1)c1nc(NN)cn2ccnc12. The van der Waals surface area contributed by atoms with Crippen LogP contribution >= 0.6 is 0 Å². The highest BCUT2D eigenvalue weighted by Crippen LogP contribution is 2.20. The van der Waals surface area contributed by atoms with E-state index in [4.69, 9.17) is 5.84 Å². The zero-order valence-corrected chi connectivity index (χ0v) is 11.1. The smallest absolute Gasteiger partial charge is 0.180 e. The van der Waals surface area contributed by atoms with Crippen LogP contribution in [0.4, 0.5) is 11.6 Å². The number of hydrazine groups is 1. The topological polar surface area (TPSA) is 84.4 Å². The molecule has 3 heterocycles. The van der Waals surface area contributed by atoms with Crippen LogP contribution in [0.5, 0.6) is 0 Å². The monoisotopic (exact) mass is 269 g/mol. The molecule has 0 fully saturated rings. The van der Waals surface area contributed by atoms with E-state index in [1.54, 1.807) is 24.8 Å². The number of fused-ring (bicyclic) bond motifs is 1. The Morgan fingerprint density at radius 2 is 2.10 bits per heavy atom. The zero-order chi connectivity index (χ0) is 13.9. The minimum absolute atomic E-state index is 0.590. The molecule has 0 aromatic carbocycles. The van der Waals surface area contributed by atoms with Crippen molar-refractivity contribution in [3.05, 3.63) is 48.7 Å². The van der Waals surface area contributed by atoms with E-state index in [1.807, 2.05) is 34.7 Å². The second-order valence-electron chi connectivity index (χ2n) is 4.46. The third-order valence-electron chi connectivity index (χ3n) is 3.03. The summed E-state index contributed by atoms with van der Waals surface area (Å²) in [6, 6.07) is 3.95. The maximum atomic E-state index is 5.46. The standard InChI is InChI=1S/C13H15N7/c1-19(8-10-2-4-15-5-3-10)13-12-16-6-7-20(12)9-11(17-13)18-14/h2-7,9,18H,8,14H2,1H3. The van der Waals surface area contributed by atoms with Gasteiger partial charge >= 0.3 is 0 Å². The predicted octanol–water partition coefficient (Wildman–Crippen LogP) is 1.05. The number of anilines is 2. The molecule has 0 radical (unpaired) electrons. The lowest BCUT2D eigenvalue weighted by Gasteiger charge is -2.19. The van der Waals surface area contributed by atoms with Crippen LogP contribution in [0.1, 0.15) is 5.56 Å². The normalized spacial score (nSPS) is 10.7. The van der Waals surface area contributed by atoms with Gasteiger partial charge in [-0.3, -0.25) is 4.98 Å². The summed E-state index contributed by atoms with van der Waals surface area (Å²) >= 11 is 0. The van der Waals surface area contributed by atoms with Crippen molar-refractivity contribution in [2.45, 2.75) is 6.54 Å². The number of nitrogens with two attached hydrogens (primary N) is 1. The summed E-state index contributed by atoms with van der Waals surface area (Å²) in [5, 5.41) is 0. The van der Waals surface area contributed by atoms with Crippen molar-refractivity contribution in [1.29, 1.82) is 0 Å². The number of hydrogen-bond donors (Lipinski definition) is 2. The van der Waals surface area contributed by atoms with Gasteiger partial charge in [-0.2, -0.15) is 0 Å². The molecule has 0 bridgehead atoms. The van der Waals surface area contributed by atoms with Crippen LogP contribution in [0.2, 0.25) is 0 Å². The van der Waals surface area contributed by atoms with Gasteiger partial charge in [-0.05, 0) is 17.7 Å². The molecule has 0 unspecified atom stereocenters. The van der Waals surface area contributed by atoms with E-state index in [9.17, 15) is 0 Å². The zero-order valence-electron chi connectivity index (χ0n) is 11.1. The summed E-state index contributed by atoms with van der Waals surface area (Å²) in [6.07, 6.45) is 8.95. The molecule has 7 heteroatoms. The quantitative estimate of drug-likeness (QED) is 0.544. The van der Waals surface area contributed by atoms with Gasteiger partial charge in [0.25, 0.3) is 0 Å². The van der Waals surface area contributed by atoms with Crippen molar-refractivity contribution in [3.63, 3.8) is 0 Å². The lowest BCUT2D eigenvalue weighted by molar-refractivity contribution is 0.889. The van der Waals surface area contributed by atoms with Gasteiger partial charge in [-0.15, -0.1) is 0 Å². The van der Waals surface area contributed by atoms with E-state index < -0.39 is 0 Å². The molecule has 0 spiro atoms. The van der Waals surface area contributed by atoms with E-state index in [0.717, 1.165) is 17.0 Å². The molecule has 20 heavy (non-hydrogen) atoms. The number of pyridine rings is 1. The molecule has 0 saturated heterocycles. The number of nitrogens with one attached hydrogen (secondary N) is 1. The molecule has 102 valence electrons. The first-order chi connectivity index (χ1) is 9.78. The van der Waals surface area contributed by atoms with Crippen molar-refractivity contribution in [3.8, 4) is 0 Å². The first-order valence-corrected chi connectivity index (χ1v) is 6.18. The average molecular weight is 269 g/mol. The third-order valence-corrected chi connectivity index (χ3v) is 3.03. The van der Waals surface area contributed by atoms with E-state index in [2.05, 4.69) is 20.4 Å². The van der Waals surface area contributed by atoms with Crippen molar-refractivity contribution in [2.75, 3.05) is 17.4 Å². The summed E-state index contributed by atoms with van der Waals surface area (Å²) in [5.74, 6) is 6.81. The lowest BCUT2D eigenvalue weighted by Crippen LogP contribution is -2.20. The highest BCUT2D eigenvalue weighted by atomic mass is 15.3. The molecule has 0 atom stereocenters. The molecule has 0 aliphatic carbocycles. The summed E-state index contributed by atoms with van der Waals surface area (Å²) in [6.45, 7) is 0.714. The first-order valence-electron chi connectivity index (χ1n) is 6.18. The van der Waals surface area contributed by atoms with E-state index in [0.29, 0.717) is 12.4 Å². The number of nitrogen functional groups attached to an aromatic ring is 1. The molecule has 3 N–H and O–H groups in total. The maximum Gasteiger partial charge on any atom is 0.180 e. The summed E-state index contributed by atoms with van der Waals surface area (Å²) < 4.78 is 1.89. The van der Waals surface area contributed by atoms with Crippen LogP contribution in [-0.2, 0) is 6.54 Å². The summed E-state index contributed by atoms with van der Waals surface area (Å²) in [5.41, 5.74) is 4.52. The molecule has 0 saturated carbocycles. The van der Waals surface area contributed by atoms with Gasteiger partial charge in [0, 0.05) is 38.4 Å². The molecular formula is C13H15N7. The Morgan fingerprint density at radius 1 is 1.30 bits per heavy atom. The van der Waals surface area contributed by atoms with Crippen molar-refractivity contribution in [1.82, 2.24) is 19.4 Å². The van der Waals surface area contributed by atoms with Gasteiger partial charge in [0.2, 0.25) is 0 Å². The van der Waals surface area contributed by atoms with Crippen LogP contribution in [0.25, 0.3) is 5.65 Å². The van der Waals surface area contributed by atoms with Gasteiger partial charge in [-0.1, -0.05) is 0 Å². The second kappa shape index (κ2) is 5.14. The third kappa shape index (κ3) is 2.26. The fourth-order valence-corrected chi connectivity index (χ4v) is 2.08. The number of imidazole rings is 1. The number of aromatic nitrogens is 4. The number of nitrogens with zero attached hydrogens (tertiary/aromatic N) is 5. The van der Waals surface area contributed by atoms with Crippen molar-refractivity contribution < 1.29 is 0 Å². The van der Waals surface area contributed by atoms with Crippen LogP contribution in [0.15, 0.2) is 43.1 Å². The minimum Gasteiger partial charge on any atom is -0.352 e. The van der Waals surface area contributed by atoms with Gasteiger partial charge in [0.1, 0.15) is 0 Å². The molecular weight excluding hydrogens is 254 g/mol. The largest absolute Gasteiger partial charge is 0.352 e. The molecule has 0 aliphatic rings. The molecule has 7 nitrogen and oxygen atoms in total. The van der Waals surface area contributed by atoms with Gasteiger partial charge in [0.15, 0.2) is 17.3 Å². The Balaban J connectivity index is 1.98. The van der Waals surface area contributed by atoms with Crippen molar-refractivity contribution >= 4 is 17.3 Å². The van der Waals surface area contributed by atoms with Gasteiger partial charge < -0.3 is 14.7 Å². The highest BCUT2D eigenvalue weighted by molar-refractivity contribution is 5.66. The summed E-state index contributed by atoms with van der Waals surface area (Å²) in [7, 11) is 1.97. The number of hydrogen-bond acceptors (Lipinski definition) is 6. The first kappa shape index (κ1) is 12.4.